The highest BCUT2D eigenvalue weighted by Gasteiger charge is 2.32. The number of para-hydroxylation sites is 1. The van der Waals surface area contributed by atoms with Crippen LogP contribution in [0, 0.1) is 0 Å². The number of anilines is 1. The lowest BCUT2D eigenvalue weighted by molar-refractivity contribution is 0.140. The fraction of sp³-hybridized carbons (Fsp3) is 0.600. The van der Waals surface area contributed by atoms with Gasteiger partial charge in [0.05, 0.1) is 5.69 Å². The van der Waals surface area contributed by atoms with Crippen LogP contribution >= 0.6 is 0 Å². The number of likely N-dealkylation sites (tertiary alicyclic amines) is 1. The Morgan fingerprint density at radius 2 is 1.81 bits per heavy atom. The quantitative estimate of drug-likeness (QED) is 0.861. The van der Waals surface area contributed by atoms with Crippen LogP contribution in [0.2, 0.25) is 0 Å². The Kier molecular flexibility index (Phi) is 4.91. The smallest absolute Gasteiger partial charge is 0.245 e. The van der Waals surface area contributed by atoms with Gasteiger partial charge >= 0.3 is 0 Å². The molecule has 0 spiro atoms. The summed E-state index contributed by atoms with van der Waals surface area (Å²) in [4.78, 5) is 2.59. The van der Waals surface area contributed by atoms with E-state index in [0.29, 0.717) is 11.7 Å². The van der Waals surface area contributed by atoms with Crippen LogP contribution in [0.1, 0.15) is 26.7 Å². The zero-order valence-corrected chi connectivity index (χ0v) is 13.8. The van der Waals surface area contributed by atoms with E-state index in [4.69, 9.17) is 5.73 Å². The molecule has 2 N–H and O–H groups in total. The van der Waals surface area contributed by atoms with Crippen LogP contribution in [0.5, 0.6) is 0 Å². The molecule has 118 valence electrons. The van der Waals surface area contributed by atoms with Gasteiger partial charge in [0.2, 0.25) is 10.0 Å². The van der Waals surface area contributed by atoms with Crippen molar-refractivity contribution in [3.8, 4) is 0 Å². The van der Waals surface area contributed by atoms with Gasteiger partial charge in [0.25, 0.3) is 0 Å². The number of benzene rings is 1. The molecule has 2 rings (SSSR count). The number of nitrogens with zero attached hydrogens (tertiary/aromatic N) is 2. The first kappa shape index (κ1) is 16.3. The second-order valence-corrected chi connectivity index (χ2v) is 7.89. The van der Waals surface area contributed by atoms with Gasteiger partial charge in [-0.25, -0.2) is 8.42 Å². The first-order valence-corrected chi connectivity index (χ1v) is 8.84. The van der Waals surface area contributed by atoms with Crippen LogP contribution in [0.4, 0.5) is 5.69 Å². The van der Waals surface area contributed by atoms with E-state index in [0.717, 1.165) is 25.9 Å². The van der Waals surface area contributed by atoms with E-state index in [-0.39, 0.29) is 10.9 Å². The van der Waals surface area contributed by atoms with Crippen molar-refractivity contribution in [3.05, 3.63) is 24.3 Å². The number of sulfonamides is 1. The molecule has 5 nitrogen and oxygen atoms in total. The number of nitrogen functional groups attached to an aromatic ring is 1. The van der Waals surface area contributed by atoms with E-state index in [1.807, 2.05) is 0 Å². The largest absolute Gasteiger partial charge is 0.398 e. The lowest BCUT2D eigenvalue weighted by atomic mass is 10.0. The predicted octanol–water partition coefficient (Wildman–Crippen LogP) is 1.76. The van der Waals surface area contributed by atoms with Gasteiger partial charge in [-0.2, -0.15) is 4.31 Å². The highest BCUT2D eigenvalue weighted by Crippen LogP contribution is 2.26. The van der Waals surface area contributed by atoms with Gasteiger partial charge < -0.3 is 10.6 Å². The Labute approximate surface area is 127 Å². The summed E-state index contributed by atoms with van der Waals surface area (Å²) in [6.07, 6.45) is 1.72. The Hall–Kier alpha value is -1.11. The first-order valence-electron chi connectivity index (χ1n) is 7.40. The summed E-state index contributed by atoms with van der Waals surface area (Å²) < 4.78 is 26.9. The fourth-order valence-electron chi connectivity index (χ4n) is 2.83. The maximum Gasteiger partial charge on any atom is 0.245 e. The third kappa shape index (κ3) is 3.39. The standard InChI is InChI=1S/C15H25N3O2S/c1-12(2)18-10-8-13(9-11-18)17(3)21(19,20)15-7-5-4-6-14(15)16/h4-7,12-13H,8-11,16H2,1-3H3. The summed E-state index contributed by atoms with van der Waals surface area (Å²) in [5.41, 5.74) is 6.13. The third-order valence-electron chi connectivity index (χ3n) is 4.32. The van der Waals surface area contributed by atoms with Crippen molar-refractivity contribution in [1.29, 1.82) is 0 Å². The van der Waals surface area contributed by atoms with Gasteiger partial charge in [0.15, 0.2) is 0 Å². The molecule has 1 saturated heterocycles. The second-order valence-electron chi connectivity index (χ2n) is 5.92. The molecule has 0 saturated carbocycles. The SMILES string of the molecule is CC(C)N1CCC(N(C)S(=O)(=O)c2ccccc2N)CC1. The predicted molar refractivity (Wildman–Crippen MR) is 85.5 cm³/mol. The molecule has 21 heavy (non-hydrogen) atoms. The normalized spacial score (nSPS) is 18.5. The van der Waals surface area contributed by atoms with Crippen molar-refractivity contribution in [2.45, 2.75) is 43.7 Å². The summed E-state index contributed by atoms with van der Waals surface area (Å²) in [5, 5.41) is 0. The monoisotopic (exact) mass is 311 g/mol. The molecular weight excluding hydrogens is 286 g/mol. The van der Waals surface area contributed by atoms with Crippen LogP contribution in [0.15, 0.2) is 29.2 Å². The average molecular weight is 311 g/mol. The van der Waals surface area contributed by atoms with Gasteiger partial charge in [0, 0.05) is 19.1 Å². The molecule has 1 fully saturated rings. The Balaban J connectivity index is 2.13. The maximum atomic E-state index is 12.7. The highest BCUT2D eigenvalue weighted by atomic mass is 32.2. The lowest BCUT2D eigenvalue weighted by Gasteiger charge is -2.38. The molecule has 0 radical (unpaired) electrons. The highest BCUT2D eigenvalue weighted by molar-refractivity contribution is 7.89. The van der Waals surface area contributed by atoms with Crippen molar-refractivity contribution >= 4 is 15.7 Å². The zero-order chi connectivity index (χ0) is 15.6. The van der Waals surface area contributed by atoms with Gasteiger partial charge in [0.1, 0.15) is 4.90 Å². The summed E-state index contributed by atoms with van der Waals surface area (Å²) in [6.45, 7) is 6.22. The molecule has 1 aromatic carbocycles. The molecule has 1 aromatic rings. The Morgan fingerprint density at radius 1 is 1.24 bits per heavy atom. The topological polar surface area (TPSA) is 66.6 Å². The maximum absolute atomic E-state index is 12.7. The summed E-state index contributed by atoms with van der Waals surface area (Å²) >= 11 is 0. The van der Waals surface area contributed by atoms with Crippen LogP contribution in [-0.4, -0.2) is 49.8 Å². The van der Waals surface area contributed by atoms with Crippen LogP contribution in [0.3, 0.4) is 0 Å². The van der Waals surface area contributed by atoms with Crippen LogP contribution in [0.25, 0.3) is 0 Å². The molecule has 0 aliphatic carbocycles. The first-order chi connectivity index (χ1) is 9.84. The summed E-state index contributed by atoms with van der Waals surface area (Å²) in [7, 11) is -1.85. The summed E-state index contributed by atoms with van der Waals surface area (Å²) in [5.74, 6) is 0. The third-order valence-corrected chi connectivity index (χ3v) is 6.30. The second kappa shape index (κ2) is 6.34. The molecule has 0 unspecified atom stereocenters. The van der Waals surface area contributed by atoms with Crippen molar-refractivity contribution < 1.29 is 8.42 Å². The number of hydrogen-bond acceptors (Lipinski definition) is 4. The molecule has 0 bridgehead atoms. The minimum absolute atomic E-state index is 0.0459. The molecule has 1 heterocycles. The Bertz CT molecular complexity index is 578. The van der Waals surface area contributed by atoms with Crippen molar-refractivity contribution in [2.24, 2.45) is 0 Å². The minimum atomic E-state index is -3.52. The fourth-order valence-corrected chi connectivity index (χ4v) is 4.36. The molecule has 1 aliphatic rings. The molecule has 6 heteroatoms. The van der Waals surface area contributed by atoms with E-state index in [2.05, 4.69) is 18.7 Å². The lowest BCUT2D eigenvalue weighted by Crippen LogP contribution is -2.47. The molecule has 0 aromatic heterocycles. The number of rotatable bonds is 4. The Morgan fingerprint density at radius 3 is 2.33 bits per heavy atom. The van der Waals surface area contributed by atoms with Crippen LogP contribution < -0.4 is 5.73 Å². The van der Waals surface area contributed by atoms with E-state index in [1.165, 1.54) is 4.31 Å². The minimum Gasteiger partial charge on any atom is -0.398 e. The molecular formula is C15H25N3O2S. The molecule has 1 aliphatic heterocycles. The van der Waals surface area contributed by atoms with Gasteiger partial charge in [-0.05, 0) is 51.9 Å². The molecule has 0 atom stereocenters. The average Bonchev–Trinajstić information content (AvgIpc) is 2.46. The van der Waals surface area contributed by atoms with Crippen molar-refractivity contribution in [3.63, 3.8) is 0 Å². The van der Waals surface area contributed by atoms with E-state index in [9.17, 15) is 8.42 Å². The number of nitrogens with two attached hydrogens (primary N) is 1. The van der Waals surface area contributed by atoms with Gasteiger partial charge in [-0.15, -0.1) is 0 Å². The van der Waals surface area contributed by atoms with Crippen LogP contribution in [-0.2, 0) is 10.0 Å². The van der Waals surface area contributed by atoms with E-state index >= 15 is 0 Å². The zero-order valence-electron chi connectivity index (χ0n) is 13.0. The van der Waals surface area contributed by atoms with E-state index in [1.54, 1.807) is 31.3 Å². The van der Waals surface area contributed by atoms with E-state index < -0.39 is 10.0 Å². The number of hydrogen-bond donors (Lipinski definition) is 1. The molecule has 0 amide bonds. The summed E-state index contributed by atoms with van der Waals surface area (Å²) in [6, 6.07) is 7.21. The van der Waals surface area contributed by atoms with Crippen molar-refractivity contribution in [1.82, 2.24) is 9.21 Å². The number of piperidine rings is 1. The van der Waals surface area contributed by atoms with Crippen molar-refractivity contribution in [2.75, 3.05) is 25.9 Å². The van der Waals surface area contributed by atoms with Gasteiger partial charge in [-0.1, -0.05) is 12.1 Å². The van der Waals surface area contributed by atoms with Gasteiger partial charge in [-0.3, -0.25) is 0 Å².